The maximum Gasteiger partial charge on any atom is 0.139 e. The van der Waals surface area contributed by atoms with Crippen molar-refractivity contribution in [3.05, 3.63) is 151 Å². The zero-order chi connectivity index (χ0) is 50.8. The first-order chi connectivity index (χ1) is 35.4. The van der Waals surface area contributed by atoms with Crippen molar-refractivity contribution in [2.75, 3.05) is 68.6 Å². The fourth-order valence-electron chi connectivity index (χ4n) is 8.70. The van der Waals surface area contributed by atoms with Crippen LogP contribution in [0.25, 0.3) is 54.9 Å². The lowest BCUT2D eigenvalue weighted by atomic mass is 10.1. The number of ether oxygens (including phenoxy) is 5. The summed E-state index contributed by atoms with van der Waals surface area (Å²) in [5.41, 5.74) is 13.2. The molecule has 0 radical (unpaired) electrons. The summed E-state index contributed by atoms with van der Waals surface area (Å²) in [6, 6.07) is 16.3. The van der Waals surface area contributed by atoms with Crippen LogP contribution in [0.3, 0.4) is 0 Å². The zero-order valence-electron chi connectivity index (χ0n) is 43.3. The van der Waals surface area contributed by atoms with Crippen molar-refractivity contribution in [2.45, 2.75) is 64.2 Å². The molecule has 0 atom stereocenters. The Morgan fingerprint density at radius 2 is 0.917 bits per heavy atom. The van der Waals surface area contributed by atoms with Gasteiger partial charge in [0.25, 0.3) is 0 Å². The Kier molecular flexibility index (Phi) is 22.9. The highest BCUT2D eigenvalue weighted by Gasteiger charge is 2.08. The molecule has 15 nitrogen and oxygen atoms in total. The number of nitrogens with one attached hydrogen (secondary N) is 3. The molecule has 0 unspecified atom stereocenters. The number of methoxy groups -OCH3 is 5. The van der Waals surface area contributed by atoms with Gasteiger partial charge in [-0.1, -0.05) is 0 Å². The molecule has 0 aromatic carbocycles. The van der Waals surface area contributed by atoms with Crippen molar-refractivity contribution in [3.63, 3.8) is 0 Å². The number of pyridine rings is 5. The van der Waals surface area contributed by atoms with E-state index in [0.717, 1.165) is 125 Å². The Balaban J connectivity index is 0.000000147. The summed E-state index contributed by atoms with van der Waals surface area (Å²) in [7, 11) is 12.8. The van der Waals surface area contributed by atoms with Crippen LogP contribution in [-0.4, -0.2) is 118 Å². The molecule has 0 aliphatic rings. The number of aryl methyl sites for hydroxylation is 7. The second-order valence-corrected chi connectivity index (χ2v) is 17.4. The van der Waals surface area contributed by atoms with Gasteiger partial charge in [-0.15, -0.1) is 0 Å². The molecule has 10 aromatic rings. The van der Waals surface area contributed by atoms with E-state index < -0.39 is 0 Å². The highest BCUT2D eigenvalue weighted by Crippen LogP contribution is 2.22. The van der Waals surface area contributed by atoms with Gasteiger partial charge in [0.2, 0.25) is 0 Å². The Labute approximate surface area is 423 Å². The first kappa shape index (κ1) is 54.6. The van der Waals surface area contributed by atoms with Crippen LogP contribution in [0.15, 0.2) is 123 Å². The molecule has 15 heteroatoms. The highest BCUT2D eigenvalue weighted by molar-refractivity contribution is 5.84. The van der Waals surface area contributed by atoms with Crippen LogP contribution in [0.5, 0.6) is 0 Å². The molecule has 0 saturated heterocycles. The van der Waals surface area contributed by atoms with Gasteiger partial charge in [0.1, 0.15) is 11.3 Å². The van der Waals surface area contributed by atoms with Crippen LogP contribution in [-0.2, 0) is 69.9 Å². The maximum absolute atomic E-state index is 5.06. The number of H-pyrrole nitrogens is 3. The molecule has 0 aliphatic heterocycles. The molecule has 0 fully saturated rings. The third-order valence-electron chi connectivity index (χ3n) is 12.3. The van der Waals surface area contributed by atoms with Gasteiger partial charge >= 0.3 is 0 Å². The summed E-state index contributed by atoms with van der Waals surface area (Å²) in [6.45, 7) is 4.07. The summed E-state index contributed by atoms with van der Waals surface area (Å²) < 4.78 is 29.4. The Bertz CT molecular complexity index is 2800. The molecule has 0 aliphatic carbocycles. The molecule has 0 spiro atoms. The summed E-state index contributed by atoms with van der Waals surface area (Å²) in [5.74, 6) is 0. The van der Waals surface area contributed by atoms with Crippen molar-refractivity contribution in [3.8, 4) is 0 Å². The minimum absolute atomic E-state index is 0.805. The third-order valence-corrected chi connectivity index (χ3v) is 12.3. The predicted molar refractivity (Wildman–Crippen MR) is 291 cm³/mol. The summed E-state index contributed by atoms with van der Waals surface area (Å²) >= 11 is 0. The van der Waals surface area contributed by atoms with Crippen molar-refractivity contribution in [1.29, 1.82) is 0 Å². The van der Waals surface area contributed by atoms with Gasteiger partial charge in [-0.05, 0) is 141 Å². The number of hydrogen-bond acceptors (Lipinski definition) is 10. The number of aromatic amines is 3. The molecule has 72 heavy (non-hydrogen) atoms. The second-order valence-electron chi connectivity index (χ2n) is 17.4. The van der Waals surface area contributed by atoms with E-state index in [1.54, 1.807) is 41.7 Å². The van der Waals surface area contributed by atoms with E-state index >= 15 is 0 Å². The number of hydrogen-bond donors (Lipinski definition) is 3. The van der Waals surface area contributed by atoms with E-state index in [9.17, 15) is 0 Å². The molecule has 0 saturated carbocycles. The van der Waals surface area contributed by atoms with Gasteiger partial charge in [-0.2, -0.15) is 0 Å². The molecule has 10 rings (SSSR count). The number of rotatable bonds is 20. The van der Waals surface area contributed by atoms with Crippen molar-refractivity contribution in [1.82, 2.24) is 49.0 Å². The van der Waals surface area contributed by atoms with Gasteiger partial charge in [-0.25, -0.2) is 9.97 Å². The zero-order valence-corrected chi connectivity index (χ0v) is 43.3. The van der Waals surface area contributed by atoms with Crippen molar-refractivity contribution in [2.24, 2.45) is 14.1 Å². The van der Waals surface area contributed by atoms with Crippen molar-refractivity contribution >= 4 is 54.9 Å². The molecular formula is C57H74N10O5. The standard InChI is InChI=1S/2C12H16N2O.3C11H14N2O/c1-14-9-10(5-4-8-15-2)11-6-3-7-13-12(11)14;1-14-9-10(4-3-7-15-2)11-5-6-13-8-12(11)14;1-14-7-3-4-9-8-13-10-5-2-6-12-11(9)10;1-14-7-3-4-9-8-13-11-10(9)5-2-6-12-11;1-14-6-2-3-9-7-13-11-8-12-5-4-10(9)11/h3,6-7,9H,4-5,8H2,1-2H3;5-6,8-9H,3-4,7H2,1-2H3;2,5-6,8,13H,3-4,7H2,1H3;2,5-6,8H,3-4,7H2,1H3,(H,12,13);4-5,7-8,13H,2-3,6H2,1H3. The highest BCUT2D eigenvalue weighted by atomic mass is 16.5. The third kappa shape index (κ3) is 15.9. The van der Waals surface area contributed by atoms with Crippen LogP contribution in [0, 0.1) is 0 Å². The van der Waals surface area contributed by atoms with E-state index in [1.165, 1.54) is 54.9 Å². The van der Waals surface area contributed by atoms with Gasteiger partial charge < -0.3 is 47.8 Å². The average Bonchev–Trinajstić information content (AvgIpc) is 4.26. The summed E-state index contributed by atoms with van der Waals surface area (Å²) in [5, 5.41) is 5.07. The average molecular weight is 979 g/mol. The van der Waals surface area contributed by atoms with Crippen LogP contribution in [0.4, 0.5) is 0 Å². The topological polar surface area (TPSA) is 168 Å². The minimum atomic E-state index is 0.805. The first-order valence-electron chi connectivity index (χ1n) is 24.8. The van der Waals surface area contributed by atoms with E-state index in [1.807, 2.05) is 87.0 Å². The lowest BCUT2D eigenvalue weighted by Crippen LogP contribution is -1.92. The molecule has 0 amide bonds. The first-order valence-corrected chi connectivity index (χ1v) is 24.8. The van der Waals surface area contributed by atoms with E-state index in [0.29, 0.717) is 0 Å². The fourth-order valence-corrected chi connectivity index (χ4v) is 8.70. The Hall–Kier alpha value is -6.75. The Morgan fingerprint density at radius 1 is 0.431 bits per heavy atom. The van der Waals surface area contributed by atoms with Crippen LogP contribution >= 0.6 is 0 Å². The van der Waals surface area contributed by atoms with Crippen LogP contribution in [0.2, 0.25) is 0 Å². The van der Waals surface area contributed by atoms with Gasteiger partial charge in [0.15, 0.2) is 0 Å². The van der Waals surface area contributed by atoms with Crippen LogP contribution < -0.4 is 0 Å². The van der Waals surface area contributed by atoms with Crippen LogP contribution in [0.1, 0.15) is 59.9 Å². The summed E-state index contributed by atoms with van der Waals surface area (Å²) in [6.07, 6.45) is 33.9. The molecule has 3 N–H and O–H groups in total. The van der Waals surface area contributed by atoms with E-state index in [4.69, 9.17) is 23.7 Å². The SMILES string of the molecule is COCCCc1c[nH]c2cccnc12.COCCCc1c[nH]c2cnccc12.COCCCc1c[nH]c2ncccc12.COCCCc1cn(C)c2cnccc12.COCCCc1cn(C)c2ncccc12. The predicted octanol–water partition coefficient (Wildman–Crippen LogP) is 10.7. The lowest BCUT2D eigenvalue weighted by Gasteiger charge is -1.98. The molecule has 382 valence electrons. The van der Waals surface area contributed by atoms with E-state index in [-0.39, 0.29) is 0 Å². The van der Waals surface area contributed by atoms with E-state index in [2.05, 4.69) is 92.8 Å². The van der Waals surface area contributed by atoms with Crippen molar-refractivity contribution < 1.29 is 23.7 Å². The second kappa shape index (κ2) is 30.2. The maximum atomic E-state index is 5.06. The normalized spacial score (nSPS) is 11.0. The molecular weight excluding hydrogens is 905 g/mol. The number of nitrogens with zero attached hydrogens (tertiary/aromatic N) is 7. The lowest BCUT2D eigenvalue weighted by molar-refractivity contribution is 0.195. The number of fused-ring (bicyclic) bond motifs is 5. The Morgan fingerprint density at radius 3 is 1.58 bits per heavy atom. The quantitative estimate of drug-likeness (QED) is 0.0625. The molecule has 10 aromatic heterocycles. The smallest absolute Gasteiger partial charge is 0.139 e. The largest absolute Gasteiger partial charge is 0.385 e. The molecule has 10 heterocycles. The summed E-state index contributed by atoms with van der Waals surface area (Å²) in [4.78, 5) is 30.7. The minimum Gasteiger partial charge on any atom is -0.385 e. The van der Waals surface area contributed by atoms with Gasteiger partial charge in [0.05, 0.1) is 34.5 Å². The monoisotopic (exact) mass is 979 g/mol. The molecule has 0 bridgehead atoms. The van der Waals surface area contributed by atoms with Gasteiger partial charge in [-0.3, -0.25) is 15.0 Å². The fraction of sp³-hybridized carbons (Fsp3) is 0.386. The van der Waals surface area contributed by atoms with Gasteiger partial charge in [0, 0.05) is 166 Å². The number of aromatic nitrogens is 10.